The Labute approximate surface area is 136 Å². The molecule has 1 aromatic carbocycles. The van der Waals surface area contributed by atoms with E-state index in [-0.39, 0.29) is 23.7 Å². The molecule has 23 heavy (non-hydrogen) atoms. The molecule has 124 valence electrons. The van der Waals surface area contributed by atoms with Crippen molar-refractivity contribution in [2.24, 2.45) is 11.3 Å². The average molecular weight is 316 g/mol. The molecule has 0 bridgehead atoms. The van der Waals surface area contributed by atoms with E-state index in [0.29, 0.717) is 5.92 Å². The van der Waals surface area contributed by atoms with Gasteiger partial charge >= 0.3 is 5.97 Å². The normalized spacial score (nSPS) is 26.4. The zero-order chi connectivity index (χ0) is 16.3. The number of fused-ring (bicyclic) bond motifs is 1. The molecule has 5 nitrogen and oxygen atoms in total. The summed E-state index contributed by atoms with van der Waals surface area (Å²) in [4.78, 5) is 24.3. The Kier molecular flexibility index (Phi) is 4.66. The summed E-state index contributed by atoms with van der Waals surface area (Å²) in [6.07, 6.45) is 4.64. The van der Waals surface area contributed by atoms with Gasteiger partial charge in [0.2, 0.25) is 5.91 Å². The lowest BCUT2D eigenvalue weighted by atomic mass is 9.67. The summed E-state index contributed by atoms with van der Waals surface area (Å²) in [6.45, 7) is 1.71. The molecule has 2 N–H and O–H groups in total. The second-order valence-corrected chi connectivity index (χ2v) is 6.64. The highest BCUT2D eigenvalue weighted by molar-refractivity contribution is 5.96. The second-order valence-electron chi connectivity index (χ2n) is 6.64. The Morgan fingerprint density at radius 3 is 3.09 bits per heavy atom. The minimum atomic E-state index is -0.278. The first-order valence-corrected chi connectivity index (χ1v) is 8.32. The van der Waals surface area contributed by atoms with Crippen LogP contribution in [0.15, 0.2) is 24.3 Å². The molecule has 1 saturated carbocycles. The van der Waals surface area contributed by atoms with Gasteiger partial charge in [0.15, 0.2) is 0 Å². The van der Waals surface area contributed by atoms with Crippen LogP contribution in [0.1, 0.15) is 31.2 Å². The highest BCUT2D eigenvalue weighted by Crippen LogP contribution is 2.44. The summed E-state index contributed by atoms with van der Waals surface area (Å²) in [5.41, 5.74) is 1.33. The molecule has 1 aromatic rings. The van der Waals surface area contributed by atoms with Crippen molar-refractivity contribution in [2.45, 2.75) is 32.1 Å². The molecule has 1 aliphatic heterocycles. The van der Waals surface area contributed by atoms with Gasteiger partial charge in [0.1, 0.15) is 0 Å². The van der Waals surface area contributed by atoms with Crippen molar-refractivity contribution >= 4 is 17.6 Å². The highest BCUT2D eigenvalue weighted by atomic mass is 16.5. The minimum Gasteiger partial charge on any atom is -0.469 e. The standard InChI is InChI=1S/C18H24N2O3/c1-23-16(21)10-13-5-4-7-15(9-13)20-17(22)18-8-3-2-6-14(18)11-19-12-18/h4-5,7,9,14,19H,2-3,6,8,10-12H2,1H3,(H,20,22)/t14-,18+/m0/s1. The predicted molar refractivity (Wildman–Crippen MR) is 88.1 cm³/mol. The number of hydrogen-bond donors (Lipinski definition) is 2. The van der Waals surface area contributed by atoms with Crippen LogP contribution >= 0.6 is 0 Å². The number of nitrogens with one attached hydrogen (secondary N) is 2. The first-order valence-electron chi connectivity index (χ1n) is 8.32. The van der Waals surface area contributed by atoms with Gasteiger partial charge in [0.05, 0.1) is 18.9 Å². The van der Waals surface area contributed by atoms with E-state index in [9.17, 15) is 9.59 Å². The van der Waals surface area contributed by atoms with Gasteiger partial charge in [-0.15, -0.1) is 0 Å². The van der Waals surface area contributed by atoms with E-state index in [1.807, 2.05) is 24.3 Å². The Morgan fingerprint density at radius 1 is 1.39 bits per heavy atom. The van der Waals surface area contributed by atoms with Crippen LogP contribution in [-0.4, -0.2) is 32.1 Å². The summed E-state index contributed by atoms with van der Waals surface area (Å²) in [5, 5.41) is 6.47. The van der Waals surface area contributed by atoms with E-state index < -0.39 is 0 Å². The average Bonchev–Trinajstić information content (AvgIpc) is 3.00. The van der Waals surface area contributed by atoms with Crippen molar-refractivity contribution in [3.63, 3.8) is 0 Å². The highest BCUT2D eigenvalue weighted by Gasteiger charge is 2.49. The molecule has 5 heteroatoms. The fraction of sp³-hybridized carbons (Fsp3) is 0.556. The van der Waals surface area contributed by atoms with Gasteiger partial charge in [0, 0.05) is 12.2 Å². The summed E-state index contributed by atoms with van der Waals surface area (Å²) in [5.74, 6) is 0.274. The molecule has 0 aromatic heterocycles. The van der Waals surface area contributed by atoms with Crippen molar-refractivity contribution in [1.29, 1.82) is 0 Å². The third kappa shape index (κ3) is 3.24. The monoisotopic (exact) mass is 316 g/mol. The molecule has 3 rings (SSSR count). The van der Waals surface area contributed by atoms with Crippen LogP contribution in [0.2, 0.25) is 0 Å². The largest absolute Gasteiger partial charge is 0.469 e. The molecule has 1 amide bonds. The number of benzene rings is 1. The van der Waals surface area contributed by atoms with E-state index in [2.05, 4.69) is 10.6 Å². The molecule has 1 aliphatic carbocycles. The molecule has 0 radical (unpaired) electrons. The maximum absolute atomic E-state index is 12.9. The second kappa shape index (κ2) is 6.71. The summed E-state index contributed by atoms with van der Waals surface area (Å²) < 4.78 is 4.69. The number of anilines is 1. The number of esters is 1. The number of ether oxygens (including phenoxy) is 1. The van der Waals surface area contributed by atoms with Crippen LogP contribution in [0.5, 0.6) is 0 Å². The smallest absolute Gasteiger partial charge is 0.309 e. The van der Waals surface area contributed by atoms with E-state index in [4.69, 9.17) is 4.74 Å². The van der Waals surface area contributed by atoms with Gasteiger partial charge in [-0.3, -0.25) is 9.59 Å². The van der Waals surface area contributed by atoms with Gasteiger partial charge in [-0.25, -0.2) is 0 Å². The Balaban J connectivity index is 1.72. The lowest BCUT2D eigenvalue weighted by Crippen LogP contribution is -2.44. The van der Waals surface area contributed by atoms with E-state index in [1.165, 1.54) is 13.5 Å². The van der Waals surface area contributed by atoms with Crippen LogP contribution in [0.25, 0.3) is 0 Å². The molecule has 1 heterocycles. The lowest BCUT2D eigenvalue weighted by molar-refractivity contribution is -0.139. The quantitative estimate of drug-likeness (QED) is 0.835. The first-order chi connectivity index (χ1) is 11.1. The van der Waals surface area contributed by atoms with E-state index >= 15 is 0 Å². The van der Waals surface area contributed by atoms with Gasteiger partial charge in [-0.05, 0) is 43.0 Å². The fourth-order valence-electron chi connectivity index (χ4n) is 3.94. The number of rotatable bonds is 4. The van der Waals surface area contributed by atoms with Crippen molar-refractivity contribution in [3.8, 4) is 0 Å². The predicted octanol–water partition coefficient (Wildman–Crippen LogP) is 2.12. The van der Waals surface area contributed by atoms with Crippen molar-refractivity contribution in [1.82, 2.24) is 5.32 Å². The summed E-state index contributed by atoms with van der Waals surface area (Å²) in [6, 6.07) is 7.45. The lowest BCUT2D eigenvalue weighted by Gasteiger charge is -2.37. The SMILES string of the molecule is COC(=O)Cc1cccc(NC(=O)[C@@]23CCCC[C@H]2CNC3)c1. The van der Waals surface area contributed by atoms with Gasteiger partial charge in [-0.2, -0.15) is 0 Å². The van der Waals surface area contributed by atoms with Crippen molar-refractivity contribution in [2.75, 3.05) is 25.5 Å². The van der Waals surface area contributed by atoms with Crippen LogP contribution in [0, 0.1) is 11.3 Å². The molecule has 2 atom stereocenters. The molecule has 1 saturated heterocycles. The third-order valence-corrected chi connectivity index (χ3v) is 5.25. The molecule has 2 fully saturated rings. The van der Waals surface area contributed by atoms with Gasteiger partial charge in [0.25, 0.3) is 0 Å². The van der Waals surface area contributed by atoms with Crippen molar-refractivity contribution in [3.05, 3.63) is 29.8 Å². The van der Waals surface area contributed by atoms with Crippen LogP contribution in [0.3, 0.4) is 0 Å². The number of carbonyl (C=O) groups is 2. The first kappa shape index (κ1) is 16.0. The van der Waals surface area contributed by atoms with Gasteiger partial charge in [-0.1, -0.05) is 25.0 Å². The van der Waals surface area contributed by atoms with Crippen molar-refractivity contribution < 1.29 is 14.3 Å². The Morgan fingerprint density at radius 2 is 2.26 bits per heavy atom. The Hall–Kier alpha value is -1.88. The van der Waals surface area contributed by atoms with E-state index in [0.717, 1.165) is 43.6 Å². The third-order valence-electron chi connectivity index (χ3n) is 5.25. The molecule has 2 aliphatic rings. The summed E-state index contributed by atoms with van der Waals surface area (Å²) >= 11 is 0. The fourth-order valence-corrected chi connectivity index (χ4v) is 3.94. The van der Waals surface area contributed by atoms with Gasteiger partial charge < -0.3 is 15.4 Å². The zero-order valence-electron chi connectivity index (χ0n) is 13.6. The number of carbonyl (C=O) groups excluding carboxylic acids is 2. The molecule has 0 spiro atoms. The maximum Gasteiger partial charge on any atom is 0.309 e. The topological polar surface area (TPSA) is 67.4 Å². The van der Waals surface area contributed by atoms with Crippen LogP contribution < -0.4 is 10.6 Å². The summed E-state index contributed by atoms with van der Waals surface area (Å²) in [7, 11) is 1.38. The number of amides is 1. The zero-order valence-corrected chi connectivity index (χ0v) is 13.6. The van der Waals surface area contributed by atoms with Crippen LogP contribution in [0.4, 0.5) is 5.69 Å². The van der Waals surface area contributed by atoms with E-state index in [1.54, 1.807) is 0 Å². The number of hydrogen-bond acceptors (Lipinski definition) is 4. The Bertz CT molecular complexity index is 602. The maximum atomic E-state index is 12.9. The molecular weight excluding hydrogens is 292 g/mol. The van der Waals surface area contributed by atoms with Crippen LogP contribution in [-0.2, 0) is 20.7 Å². The molecule has 0 unspecified atom stereocenters. The minimum absolute atomic E-state index is 0.113. The molecular formula is C18H24N2O3. The number of methoxy groups -OCH3 is 1.